The lowest BCUT2D eigenvalue weighted by Crippen LogP contribution is -2.31. The Morgan fingerprint density at radius 1 is 0.712 bits per heavy atom. The van der Waals surface area contributed by atoms with Crippen molar-refractivity contribution in [3.8, 4) is 41.5 Å². The zero-order valence-electron chi connectivity index (χ0n) is 28.8. The first-order valence-corrected chi connectivity index (χ1v) is 16.9. The summed E-state index contributed by atoms with van der Waals surface area (Å²) in [5, 5.41) is 0. The van der Waals surface area contributed by atoms with Gasteiger partial charge in [-0.3, -0.25) is 0 Å². The van der Waals surface area contributed by atoms with Crippen LogP contribution in [0.25, 0.3) is 5.76 Å². The largest absolute Gasteiger partial charge is 0.468 e. The summed E-state index contributed by atoms with van der Waals surface area (Å²) >= 11 is 0. The molecule has 0 heterocycles. The van der Waals surface area contributed by atoms with Gasteiger partial charge >= 0.3 is 17.9 Å². The molecule has 8 heteroatoms. The minimum Gasteiger partial charge on any atom is -0.468 e. The van der Waals surface area contributed by atoms with Crippen LogP contribution in [-0.2, 0) is 28.5 Å². The average Bonchev–Trinajstić information content (AvgIpc) is 3.18. The Labute approximate surface area is 304 Å². The normalized spacial score (nSPS) is 18.4. The second-order valence-corrected chi connectivity index (χ2v) is 11.9. The first-order valence-electron chi connectivity index (χ1n) is 16.9. The Balaban J connectivity index is 1.14. The predicted octanol–water partition coefficient (Wildman–Crippen LogP) is 7.38. The fraction of sp³-hybridized carbons (Fsp3) is 0.295. The molecule has 0 aromatic heterocycles. The first-order chi connectivity index (χ1) is 25.4. The minimum absolute atomic E-state index is 0.0799. The number of esters is 3. The van der Waals surface area contributed by atoms with Crippen LogP contribution in [0.2, 0.25) is 0 Å². The van der Waals surface area contributed by atoms with E-state index in [9.17, 15) is 14.4 Å². The van der Waals surface area contributed by atoms with Gasteiger partial charge in [0.15, 0.2) is 12.6 Å². The third-order valence-corrected chi connectivity index (χ3v) is 8.60. The second-order valence-electron chi connectivity index (χ2n) is 11.9. The SMILES string of the molecule is C=C=C=C=C=C(OC(=O)C=C)c1ccc(OCOC2CCC(C3CCC(OC(=O)c4ccc(C#CC#CC#COC(=O)C=C)cc4)CC3)CC2)cc1. The van der Waals surface area contributed by atoms with Crippen molar-refractivity contribution < 1.29 is 38.1 Å². The zero-order chi connectivity index (χ0) is 37.0. The number of hydrogen-bond donors (Lipinski definition) is 0. The summed E-state index contributed by atoms with van der Waals surface area (Å²) < 4.78 is 27.4. The van der Waals surface area contributed by atoms with Crippen molar-refractivity contribution in [2.75, 3.05) is 6.79 Å². The molecule has 262 valence electrons. The number of ether oxygens (including phenoxy) is 5. The van der Waals surface area contributed by atoms with E-state index < -0.39 is 11.9 Å². The van der Waals surface area contributed by atoms with Gasteiger partial charge in [-0.2, -0.15) is 0 Å². The van der Waals surface area contributed by atoms with E-state index in [1.165, 1.54) is 0 Å². The van der Waals surface area contributed by atoms with Crippen LogP contribution in [0.4, 0.5) is 0 Å². The van der Waals surface area contributed by atoms with Gasteiger partial charge in [-0.25, -0.2) is 14.4 Å². The number of hydrogen-bond acceptors (Lipinski definition) is 8. The van der Waals surface area contributed by atoms with Gasteiger partial charge in [0.2, 0.25) is 0 Å². The quantitative estimate of drug-likeness (QED) is 0.0458. The molecule has 8 nitrogen and oxygen atoms in total. The molecule has 2 aliphatic rings. The van der Waals surface area contributed by atoms with Crippen molar-refractivity contribution in [1.82, 2.24) is 0 Å². The van der Waals surface area contributed by atoms with Gasteiger partial charge in [0.05, 0.1) is 11.7 Å². The molecule has 0 radical (unpaired) electrons. The van der Waals surface area contributed by atoms with Crippen molar-refractivity contribution in [1.29, 1.82) is 0 Å². The van der Waals surface area contributed by atoms with Crippen LogP contribution >= 0.6 is 0 Å². The van der Waals surface area contributed by atoms with E-state index in [2.05, 4.69) is 83.1 Å². The Bertz CT molecular complexity index is 1960. The molecule has 2 aromatic rings. The van der Waals surface area contributed by atoms with E-state index in [1.807, 2.05) is 0 Å². The highest BCUT2D eigenvalue weighted by molar-refractivity contribution is 5.89. The maximum atomic E-state index is 12.8. The number of carbonyl (C=O) groups is 3. The van der Waals surface area contributed by atoms with E-state index in [0.29, 0.717) is 34.3 Å². The Kier molecular flexibility index (Phi) is 15.5. The van der Waals surface area contributed by atoms with Crippen molar-refractivity contribution in [3.05, 3.63) is 120 Å². The van der Waals surface area contributed by atoms with Crippen molar-refractivity contribution in [2.45, 2.75) is 63.6 Å². The zero-order valence-corrected chi connectivity index (χ0v) is 28.8. The molecule has 2 saturated carbocycles. The van der Waals surface area contributed by atoms with Gasteiger partial charge in [0, 0.05) is 35.1 Å². The summed E-state index contributed by atoms with van der Waals surface area (Å²) in [6, 6.07) is 13.9. The lowest BCUT2D eigenvalue weighted by atomic mass is 9.72. The predicted molar refractivity (Wildman–Crippen MR) is 194 cm³/mol. The molecule has 52 heavy (non-hydrogen) atoms. The lowest BCUT2D eigenvalue weighted by molar-refractivity contribution is -0.132. The summed E-state index contributed by atoms with van der Waals surface area (Å²) in [7, 11) is 0. The maximum absolute atomic E-state index is 12.8. The summed E-state index contributed by atoms with van der Waals surface area (Å²) in [6.45, 7) is 10.2. The number of rotatable bonds is 11. The van der Waals surface area contributed by atoms with E-state index in [4.69, 9.17) is 18.9 Å². The Hall–Kier alpha value is -6.37. The molecule has 2 fully saturated rings. The second kappa shape index (κ2) is 21.0. The molecule has 0 N–H and O–H groups in total. The summed E-state index contributed by atoms with van der Waals surface area (Å²) in [5.74, 6) is 13.4. The first kappa shape index (κ1) is 38.4. The van der Waals surface area contributed by atoms with Gasteiger partial charge in [-0.1, -0.05) is 24.8 Å². The van der Waals surface area contributed by atoms with Crippen LogP contribution in [0.3, 0.4) is 0 Å². The van der Waals surface area contributed by atoms with Gasteiger partial charge < -0.3 is 23.7 Å². The van der Waals surface area contributed by atoms with E-state index in [1.54, 1.807) is 48.5 Å². The van der Waals surface area contributed by atoms with Crippen LogP contribution in [0.5, 0.6) is 5.75 Å². The molecule has 0 unspecified atom stereocenters. The maximum Gasteiger partial charge on any atom is 0.344 e. The fourth-order valence-corrected chi connectivity index (χ4v) is 5.95. The molecule has 0 amide bonds. The highest BCUT2D eigenvalue weighted by Crippen LogP contribution is 2.39. The molecule has 4 rings (SSSR count). The molecule has 2 aliphatic carbocycles. The Morgan fingerprint density at radius 3 is 1.96 bits per heavy atom. The molecular weight excluding hydrogens is 656 g/mol. The van der Waals surface area contributed by atoms with Gasteiger partial charge in [-0.15, -0.1) is 0 Å². The Morgan fingerprint density at radius 2 is 1.33 bits per heavy atom. The van der Waals surface area contributed by atoms with E-state index >= 15 is 0 Å². The van der Waals surface area contributed by atoms with Gasteiger partial charge in [0.25, 0.3) is 0 Å². The summed E-state index contributed by atoms with van der Waals surface area (Å²) in [4.78, 5) is 35.4. The van der Waals surface area contributed by atoms with Crippen LogP contribution in [-0.4, -0.2) is 36.9 Å². The third-order valence-electron chi connectivity index (χ3n) is 8.60. The fourth-order valence-electron chi connectivity index (χ4n) is 5.95. The number of carbonyl (C=O) groups excluding carboxylic acids is 3. The van der Waals surface area contributed by atoms with Crippen LogP contribution in [0.15, 0.2) is 103 Å². The van der Waals surface area contributed by atoms with Gasteiger partial charge in [-0.05, 0) is 147 Å². The molecular formula is C44H38O8. The molecule has 0 spiro atoms. The van der Waals surface area contributed by atoms with Crippen LogP contribution < -0.4 is 4.74 Å². The average molecular weight is 695 g/mol. The summed E-state index contributed by atoms with van der Waals surface area (Å²) in [6.07, 6.45) is 12.3. The van der Waals surface area contributed by atoms with E-state index in [0.717, 1.165) is 63.5 Å². The van der Waals surface area contributed by atoms with Crippen molar-refractivity contribution in [3.63, 3.8) is 0 Å². The topological polar surface area (TPSA) is 97.4 Å². The monoisotopic (exact) mass is 694 g/mol. The van der Waals surface area contributed by atoms with Crippen molar-refractivity contribution in [2.24, 2.45) is 11.8 Å². The molecule has 0 aliphatic heterocycles. The summed E-state index contributed by atoms with van der Waals surface area (Å²) in [5.41, 5.74) is 12.0. The van der Waals surface area contributed by atoms with Crippen molar-refractivity contribution >= 4 is 23.7 Å². The molecule has 0 bridgehead atoms. The van der Waals surface area contributed by atoms with E-state index in [-0.39, 0.29) is 30.7 Å². The number of benzene rings is 2. The highest BCUT2D eigenvalue weighted by Gasteiger charge is 2.32. The van der Waals surface area contributed by atoms with Crippen LogP contribution in [0.1, 0.15) is 72.9 Å². The molecule has 0 saturated heterocycles. The smallest absolute Gasteiger partial charge is 0.344 e. The van der Waals surface area contributed by atoms with Crippen LogP contribution in [0, 0.1) is 47.5 Å². The molecule has 0 atom stereocenters. The standard InChI is InChI=1S/C44H38O8/c1-4-7-10-14-41(52-43(46)6-3)36-23-27-39(28-24-36)50-32-49-38-25-19-34(20-26-38)35-21-29-40(30-22-35)51-44(47)37-17-15-33(16-18-37)13-11-8-9-12-31-48-42(45)5-2/h5-6,15-18,23-24,27-28,34-35,38,40H,1-3,19-22,25-26,29-30,32H2. The van der Waals surface area contributed by atoms with Gasteiger partial charge in [0.1, 0.15) is 18.0 Å². The third kappa shape index (κ3) is 12.8. The molecule has 2 aromatic carbocycles. The highest BCUT2D eigenvalue weighted by atomic mass is 16.7. The lowest BCUT2D eigenvalue weighted by Gasteiger charge is -2.37. The minimum atomic E-state index is -0.649.